The van der Waals surface area contributed by atoms with Crippen molar-refractivity contribution >= 4 is 34.0 Å². The highest BCUT2D eigenvalue weighted by atomic mass is 32.1. The number of thiazole rings is 1. The SMILES string of the molecule is O=C(Cc1cccc(C(F)(F)F)c1)Nc1ccc(C(=O)Nc2nccs2)cc1. The largest absolute Gasteiger partial charge is 0.416 e. The van der Waals surface area contributed by atoms with Gasteiger partial charge in [-0.1, -0.05) is 18.2 Å². The molecule has 5 nitrogen and oxygen atoms in total. The topological polar surface area (TPSA) is 71.1 Å². The Kier molecular flexibility index (Phi) is 5.74. The third-order valence-corrected chi connectivity index (χ3v) is 4.39. The number of benzene rings is 2. The Labute approximate surface area is 162 Å². The molecule has 144 valence electrons. The third-order valence-electron chi connectivity index (χ3n) is 3.70. The molecule has 28 heavy (non-hydrogen) atoms. The smallest absolute Gasteiger partial charge is 0.326 e. The summed E-state index contributed by atoms with van der Waals surface area (Å²) in [6.07, 6.45) is -3.08. The van der Waals surface area contributed by atoms with Crippen LogP contribution >= 0.6 is 11.3 Å². The van der Waals surface area contributed by atoms with E-state index in [9.17, 15) is 22.8 Å². The molecule has 2 amide bonds. The predicted molar refractivity (Wildman–Crippen MR) is 100 cm³/mol. The molecule has 0 saturated heterocycles. The quantitative estimate of drug-likeness (QED) is 0.652. The van der Waals surface area contributed by atoms with E-state index in [1.165, 1.54) is 35.6 Å². The maximum atomic E-state index is 12.7. The van der Waals surface area contributed by atoms with Gasteiger partial charge in [-0.2, -0.15) is 13.2 Å². The molecule has 0 fully saturated rings. The third kappa shape index (κ3) is 5.17. The Morgan fingerprint density at radius 3 is 2.43 bits per heavy atom. The van der Waals surface area contributed by atoms with Crippen LogP contribution in [0.2, 0.25) is 0 Å². The van der Waals surface area contributed by atoms with Crippen LogP contribution in [-0.4, -0.2) is 16.8 Å². The summed E-state index contributed by atoms with van der Waals surface area (Å²) in [4.78, 5) is 28.1. The predicted octanol–water partition coefficient (Wildman–Crippen LogP) is 4.60. The molecule has 0 saturated carbocycles. The highest BCUT2D eigenvalue weighted by Crippen LogP contribution is 2.29. The number of halogens is 3. The highest BCUT2D eigenvalue weighted by Gasteiger charge is 2.30. The van der Waals surface area contributed by atoms with Gasteiger partial charge >= 0.3 is 6.18 Å². The fraction of sp³-hybridized carbons (Fsp3) is 0.105. The second-order valence-electron chi connectivity index (χ2n) is 5.79. The Bertz CT molecular complexity index is 971. The van der Waals surface area contributed by atoms with Gasteiger partial charge in [-0.3, -0.25) is 14.9 Å². The molecule has 0 radical (unpaired) electrons. The van der Waals surface area contributed by atoms with Gasteiger partial charge in [0.05, 0.1) is 12.0 Å². The Morgan fingerprint density at radius 1 is 1.04 bits per heavy atom. The lowest BCUT2D eigenvalue weighted by Gasteiger charge is -2.09. The van der Waals surface area contributed by atoms with Crippen LogP contribution in [0.1, 0.15) is 21.5 Å². The standard InChI is InChI=1S/C19H14F3N3O2S/c20-19(21,22)14-3-1-2-12(10-14)11-16(26)24-15-6-4-13(5-7-15)17(27)25-18-23-8-9-28-18/h1-10H,11H2,(H,24,26)(H,23,25,27). The molecule has 0 aliphatic carbocycles. The van der Waals surface area contributed by atoms with Crippen molar-refractivity contribution in [2.45, 2.75) is 12.6 Å². The first kappa shape index (κ1) is 19.6. The van der Waals surface area contributed by atoms with Crippen molar-refractivity contribution in [1.29, 1.82) is 0 Å². The lowest BCUT2D eigenvalue weighted by Crippen LogP contribution is -2.16. The van der Waals surface area contributed by atoms with E-state index >= 15 is 0 Å². The van der Waals surface area contributed by atoms with Gasteiger partial charge in [-0.25, -0.2) is 4.98 Å². The number of hydrogen-bond acceptors (Lipinski definition) is 4. The maximum Gasteiger partial charge on any atom is 0.416 e. The summed E-state index contributed by atoms with van der Waals surface area (Å²) in [6, 6.07) is 10.8. The molecule has 0 aliphatic rings. The van der Waals surface area contributed by atoms with E-state index in [1.54, 1.807) is 23.7 Å². The van der Waals surface area contributed by atoms with Gasteiger partial charge in [0.2, 0.25) is 5.91 Å². The number of nitrogens with one attached hydrogen (secondary N) is 2. The van der Waals surface area contributed by atoms with Crippen molar-refractivity contribution in [2.75, 3.05) is 10.6 Å². The molecule has 0 unspecified atom stereocenters. The molecule has 0 atom stereocenters. The number of anilines is 2. The lowest BCUT2D eigenvalue weighted by atomic mass is 10.1. The first-order valence-corrected chi connectivity index (χ1v) is 8.96. The van der Waals surface area contributed by atoms with E-state index in [1.807, 2.05) is 0 Å². The number of alkyl halides is 3. The fourth-order valence-electron chi connectivity index (χ4n) is 2.41. The minimum absolute atomic E-state index is 0.198. The summed E-state index contributed by atoms with van der Waals surface area (Å²) in [5, 5.41) is 7.45. The molecule has 2 aromatic carbocycles. The first-order chi connectivity index (χ1) is 13.3. The molecular weight excluding hydrogens is 391 g/mol. The zero-order chi connectivity index (χ0) is 20.1. The molecule has 3 aromatic rings. The zero-order valence-electron chi connectivity index (χ0n) is 14.3. The summed E-state index contributed by atoms with van der Waals surface area (Å²) in [7, 11) is 0. The summed E-state index contributed by atoms with van der Waals surface area (Å²) in [5.74, 6) is -0.795. The van der Waals surface area contributed by atoms with Gasteiger partial charge in [-0.15, -0.1) is 11.3 Å². The number of hydrogen-bond donors (Lipinski definition) is 2. The van der Waals surface area contributed by atoms with Crippen LogP contribution in [-0.2, 0) is 17.4 Å². The van der Waals surface area contributed by atoms with Crippen LogP contribution in [0.4, 0.5) is 24.0 Å². The van der Waals surface area contributed by atoms with Crippen LogP contribution < -0.4 is 10.6 Å². The summed E-state index contributed by atoms with van der Waals surface area (Å²) in [6.45, 7) is 0. The van der Waals surface area contributed by atoms with Crippen molar-refractivity contribution in [3.8, 4) is 0 Å². The van der Waals surface area contributed by atoms with Crippen LogP contribution in [0.5, 0.6) is 0 Å². The Balaban J connectivity index is 1.59. The average molecular weight is 405 g/mol. The van der Waals surface area contributed by atoms with Gasteiger partial charge in [0, 0.05) is 22.8 Å². The maximum absolute atomic E-state index is 12.7. The first-order valence-electron chi connectivity index (χ1n) is 8.08. The second-order valence-corrected chi connectivity index (χ2v) is 6.69. The molecule has 1 aromatic heterocycles. The highest BCUT2D eigenvalue weighted by molar-refractivity contribution is 7.13. The van der Waals surface area contributed by atoms with E-state index in [2.05, 4.69) is 15.6 Å². The van der Waals surface area contributed by atoms with Gasteiger partial charge in [0.15, 0.2) is 5.13 Å². The van der Waals surface area contributed by atoms with Crippen LogP contribution in [0.3, 0.4) is 0 Å². The molecule has 9 heteroatoms. The fourth-order valence-corrected chi connectivity index (χ4v) is 2.93. The minimum Gasteiger partial charge on any atom is -0.326 e. The summed E-state index contributed by atoms with van der Waals surface area (Å²) >= 11 is 1.29. The minimum atomic E-state index is -4.46. The van der Waals surface area contributed by atoms with Crippen molar-refractivity contribution in [2.24, 2.45) is 0 Å². The number of rotatable bonds is 5. The Hall–Kier alpha value is -3.20. The van der Waals surface area contributed by atoms with Crippen LogP contribution in [0, 0.1) is 0 Å². The van der Waals surface area contributed by atoms with Crippen LogP contribution in [0.25, 0.3) is 0 Å². The van der Waals surface area contributed by atoms with Crippen molar-refractivity contribution < 1.29 is 22.8 Å². The van der Waals surface area contributed by atoms with E-state index in [0.29, 0.717) is 16.4 Å². The van der Waals surface area contributed by atoms with Crippen LogP contribution in [0.15, 0.2) is 60.1 Å². The van der Waals surface area contributed by atoms with E-state index in [-0.39, 0.29) is 17.9 Å². The number of aromatic nitrogens is 1. The molecule has 1 heterocycles. The molecular formula is C19H14F3N3O2S. The monoisotopic (exact) mass is 405 g/mol. The average Bonchev–Trinajstić information content (AvgIpc) is 3.14. The molecule has 0 aliphatic heterocycles. The molecule has 0 bridgehead atoms. The van der Waals surface area contributed by atoms with Gasteiger partial charge in [-0.05, 0) is 35.9 Å². The lowest BCUT2D eigenvalue weighted by molar-refractivity contribution is -0.137. The molecule has 3 rings (SSSR count). The Morgan fingerprint density at radius 2 is 1.79 bits per heavy atom. The van der Waals surface area contributed by atoms with E-state index < -0.39 is 17.6 Å². The van der Waals surface area contributed by atoms with Crippen molar-refractivity contribution in [3.05, 3.63) is 76.8 Å². The van der Waals surface area contributed by atoms with Crippen molar-refractivity contribution in [1.82, 2.24) is 4.98 Å². The second kappa shape index (κ2) is 8.22. The summed E-state index contributed by atoms with van der Waals surface area (Å²) < 4.78 is 38.2. The van der Waals surface area contributed by atoms with Crippen molar-refractivity contribution in [3.63, 3.8) is 0 Å². The van der Waals surface area contributed by atoms with Gasteiger partial charge in [0.25, 0.3) is 5.91 Å². The van der Waals surface area contributed by atoms with E-state index in [0.717, 1.165) is 12.1 Å². The summed E-state index contributed by atoms with van der Waals surface area (Å²) in [5.41, 5.74) is 0.272. The number of carbonyl (C=O) groups excluding carboxylic acids is 2. The normalized spacial score (nSPS) is 11.1. The molecule has 2 N–H and O–H groups in total. The number of nitrogens with zero attached hydrogens (tertiary/aromatic N) is 1. The van der Waals surface area contributed by atoms with E-state index in [4.69, 9.17) is 0 Å². The number of carbonyl (C=O) groups is 2. The number of amides is 2. The van der Waals surface area contributed by atoms with Gasteiger partial charge in [0.1, 0.15) is 0 Å². The molecule has 0 spiro atoms. The van der Waals surface area contributed by atoms with Gasteiger partial charge < -0.3 is 5.32 Å². The zero-order valence-corrected chi connectivity index (χ0v) is 15.1.